The van der Waals surface area contributed by atoms with Crippen molar-refractivity contribution >= 4 is 11.9 Å². The van der Waals surface area contributed by atoms with E-state index in [1.165, 1.54) is 0 Å². The highest BCUT2D eigenvalue weighted by atomic mass is 16.4. The number of carboxylic acid groups (broad SMARTS) is 1. The van der Waals surface area contributed by atoms with Gasteiger partial charge in [0.1, 0.15) is 0 Å². The highest BCUT2D eigenvalue weighted by Crippen LogP contribution is 2.33. The van der Waals surface area contributed by atoms with Crippen LogP contribution in [0.3, 0.4) is 0 Å². The summed E-state index contributed by atoms with van der Waals surface area (Å²) in [5, 5.41) is 22.2. The van der Waals surface area contributed by atoms with Crippen molar-refractivity contribution < 1.29 is 14.7 Å². The Balaban J connectivity index is 1.90. The topological polar surface area (TPSA) is 111 Å². The Bertz CT molecular complexity index is 517. The molecule has 1 aliphatic rings. The molecule has 22 heavy (non-hydrogen) atoms. The molecule has 0 bridgehead atoms. The number of amides is 1. The maximum absolute atomic E-state index is 11.6. The number of carbonyl (C=O) groups is 2. The van der Waals surface area contributed by atoms with Crippen molar-refractivity contribution in [2.75, 3.05) is 26.2 Å². The average Bonchev–Trinajstić information content (AvgIpc) is 3.11. The number of likely N-dealkylation sites (tertiary alicyclic amines) is 1. The van der Waals surface area contributed by atoms with Gasteiger partial charge in [-0.25, -0.2) is 0 Å². The summed E-state index contributed by atoms with van der Waals surface area (Å²) < 4.78 is 0. The van der Waals surface area contributed by atoms with Gasteiger partial charge in [-0.15, -0.1) is 6.58 Å². The second-order valence-corrected chi connectivity index (χ2v) is 5.46. The number of aromatic nitrogens is 3. The smallest absolute Gasteiger partial charge is 0.303 e. The molecular weight excluding hydrogens is 286 g/mol. The molecule has 8 nitrogen and oxygen atoms in total. The number of carbonyl (C=O) groups excluding carboxylic acids is 1. The summed E-state index contributed by atoms with van der Waals surface area (Å²) in [5.41, 5.74) is 0.782. The Morgan fingerprint density at radius 3 is 3.00 bits per heavy atom. The average molecular weight is 307 g/mol. The van der Waals surface area contributed by atoms with E-state index in [-0.39, 0.29) is 24.2 Å². The molecule has 1 saturated heterocycles. The second kappa shape index (κ2) is 7.69. The Morgan fingerprint density at radius 2 is 2.36 bits per heavy atom. The van der Waals surface area contributed by atoms with E-state index in [4.69, 9.17) is 5.11 Å². The lowest BCUT2D eigenvalue weighted by Crippen LogP contribution is -2.30. The number of hydrogen-bond acceptors (Lipinski definition) is 5. The molecule has 1 amide bonds. The number of aliphatic carboxylic acids is 1. The van der Waals surface area contributed by atoms with Gasteiger partial charge in [-0.1, -0.05) is 6.08 Å². The minimum atomic E-state index is -0.816. The molecule has 2 rings (SSSR count). The molecule has 0 radical (unpaired) electrons. The van der Waals surface area contributed by atoms with Gasteiger partial charge in [0.05, 0.1) is 18.3 Å². The second-order valence-electron chi connectivity index (χ2n) is 5.46. The normalized spacial score (nSPS) is 21.6. The first kappa shape index (κ1) is 16.2. The highest BCUT2D eigenvalue weighted by molar-refractivity contribution is 5.76. The van der Waals surface area contributed by atoms with Crippen LogP contribution in [0.25, 0.3) is 0 Å². The fraction of sp³-hybridized carbons (Fsp3) is 0.571. The maximum atomic E-state index is 11.6. The lowest BCUT2D eigenvalue weighted by Gasteiger charge is -2.14. The minimum Gasteiger partial charge on any atom is -0.481 e. The number of nitrogens with zero attached hydrogens (tertiary/aromatic N) is 3. The predicted octanol–water partition coefficient (Wildman–Crippen LogP) is -0.0129. The summed E-state index contributed by atoms with van der Waals surface area (Å²) in [5.74, 6) is -0.825. The largest absolute Gasteiger partial charge is 0.481 e. The number of nitrogens with one attached hydrogen (secondary N) is 2. The van der Waals surface area contributed by atoms with Gasteiger partial charge in [-0.05, 0) is 5.92 Å². The summed E-state index contributed by atoms with van der Waals surface area (Å²) >= 11 is 0. The van der Waals surface area contributed by atoms with E-state index in [0.29, 0.717) is 32.6 Å². The Hall–Kier alpha value is -2.22. The van der Waals surface area contributed by atoms with E-state index < -0.39 is 5.97 Å². The van der Waals surface area contributed by atoms with Crippen molar-refractivity contribution in [3.63, 3.8) is 0 Å². The predicted molar refractivity (Wildman–Crippen MR) is 79.1 cm³/mol. The van der Waals surface area contributed by atoms with Crippen LogP contribution in [-0.2, 0) is 9.59 Å². The zero-order chi connectivity index (χ0) is 15.9. The Morgan fingerprint density at radius 1 is 1.55 bits per heavy atom. The van der Waals surface area contributed by atoms with Crippen LogP contribution in [-0.4, -0.2) is 63.5 Å². The van der Waals surface area contributed by atoms with E-state index in [1.807, 2.05) is 0 Å². The third-order valence-corrected chi connectivity index (χ3v) is 3.87. The standard InChI is InChI=1S/C14H21N5O3/c1-2-4-15-13(20)3-5-19-8-10(6-14(21)22)11(9-19)12-7-16-18-17-12/h2,7,10-11H,1,3-6,8-9H2,(H,15,20)(H,21,22)(H,16,17,18)/t10-,11+/m1/s1. The van der Waals surface area contributed by atoms with Crippen LogP contribution >= 0.6 is 0 Å². The summed E-state index contributed by atoms with van der Waals surface area (Å²) in [6.45, 7) is 5.96. The minimum absolute atomic E-state index is 0.0150. The van der Waals surface area contributed by atoms with Crippen molar-refractivity contribution in [3.8, 4) is 0 Å². The first-order chi connectivity index (χ1) is 10.6. The Labute approximate surface area is 128 Å². The van der Waals surface area contributed by atoms with Gasteiger partial charge in [-0.3, -0.25) is 9.59 Å². The molecule has 1 aliphatic heterocycles. The zero-order valence-corrected chi connectivity index (χ0v) is 12.4. The van der Waals surface area contributed by atoms with Gasteiger partial charge >= 0.3 is 5.97 Å². The molecular formula is C14H21N5O3. The molecule has 1 fully saturated rings. The number of aromatic amines is 1. The Kier molecular flexibility index (Phi) is 5.65. The number of H-pyrrole nitrogens is 1. The van der Waals surface area contributed by atoms with Gasteiger partial charge in [0.2, 0.25) is 5.91 Å². The van der Waals surface area contributed by atoms with Crippen LogP contribution in [0, 0.1) is 5.92 Å². The highest BCUT2D eigenvalue weighted by Gasteiger charge is 2.36. The SMILES string of the molecule is C=CCNC(=O)CCN1C[C@@H](CC(=O)O)[C@@H](c2cn[nH]n2)C1. The third-order valence-electron chi connectivity index (χ3n) is 3.87. The molecule has 1 aromatic rings. The molecule has 2 heterocycles. The monoisotopic (exact) mass is 307 g/mol. The molecule has 120 valence electrons. The number of hydrogen-bond donors (Lipinski definition) is 3. The van der Waals surface area contributed by atoms with Crippen molar-refractivity contribution in [1.29, 1.82) is 0 Å². The van der Waals surface area contributed by atoms with Gasteiger partial charge in [0.15, 0.2) is 0 Å². The molecule has 2 atom stereocenters. The first-order valence-corrected chi connectivity index (χ1v) is 7.27. The summed E-state index contributed by atoms with van der Waals surface area (Å²) in [4.78, 5) is 24.8. The molecule has 8 heteroatoms. The van der Waals surface area contributed by atoms with Crippen molar-refractivity contribution in [3.05, 3.63) is 24.5 Å². The molecule has 1 aromatic heterocycles. The molecule has 0 aliphatic carbocycles. The van der Waals surface area contributed by atoms with Gasteiger partial charge < -0.3 is 15.3 Å². The molecule has 0 aromatic carbocycles. The zero-order valence-electron chi connectivity index (χ0n) is 12.4. The van der Waals surface area contributed by atoms with Crippen LogP contribution in [0.2, 0.25) is 0 Å². The lowest BCUT2D eigenvalue weighted by molar-refractivity contribution is -0.138. The maximum Gasteiger partial charge on any atom is 0.303 e. The molecule has 0 spiro atoms. The van der Waals surface area contributed by atoms with E-state index in [0.717, 1.165) is 5.69 Å². The fourth-order valence-corrected chi connectivity index (χ4v) is 2.83. The van der Waals surface area contributed by atoms with Crippen LogP contribution in [0.5, 0.6) is 0 Å². The van der Waals surface area contributed by atoms with Crippen molar-refractivity contribution in [2.45, 2.75) is 18.8 Å². The van der Waals surface area contributed by atoms with Crippen LogP contribution in [0.1, 0.15) is 24.5 Å². The van der Waals surface area contributed by atoms with Gasteiger partial charge in [0, 0.05) is 38.5 Å². The molecule has 0 saturated carbocycles. The van der Waals surface area contributed by atoms with Crippen molar-refractivity contribution in [2.24, 2.45) is 5.92 Å². The van der Waals surface area contributed by atoms with E-state index in [1.54, 1.807) is 12.3 Å². The fourth-order valence-electron chi connectivity index (χ4n) is 2.83. The summed E-state index contributed by atoms with van der Waals surface area (Å²) in [7, 11) is 0. The van der Waals surface area contributed by atoms with E-state index >= 15 is 0 Å². The number of carboxylic acids is 1. The van der Waals surface area contributed by atoms with E-state index in [2.05, 4.69) is 32.2 Å². The van der Waals surface area contributed by atoms with Gasteiger partial charge in [0.25, 0.3) is 0 Å². The van der Waals surface area contributed by atoms with Crippen molar-refractivity contribution in [1.82, 2.24) is 25.6 Å². The van der Waals surface area contributed by atoms with Crippen LogP contribution in [0.4, 0.5) is 0 Å². The van der Waals surface area contributed by atoms with Crippen LogP contribution < -0.4 is 5.32 Å². The van der Waals surface area contributed by atoms with Crippen LogP contribution in [0.15, 0.2) is 18.9 Å². The number of rotatable bonds is 8. The first-order valence-electron chi connectivity index (χ1n) is 7.27. The molecule has 0 unspecified atom stereocenters. The summed E-state index contributed by atoms with van der Waals surface area (Å²) in [6.07, 6.45) is 3.76. The molecule has 3 N–H and O–H groups in total. The third kappa shape index (κ3) is 4.39. The quantitative estimate of drug-likeness (QED) is 0.582. The van der Waals surface area contributed by atoms with Gasteiger partial charge in [-0.2, -0.15) is 15.4 Å². The summed E-state index contributed by atoms with van der Waals surface area (Å²) in [6, 6.07) is 0. The van der Waals surface area contributed by atoms with E-state index in [9.17, 15) is 9.59 Å². The lowest BCUT2D eigenvalue weighted by atomic mass is 9.91.